The molecule has 4 rings (SSSR count). The minimum Gasteiger partial charge on any atom is -0.294 e. The van der Waals surface area contributed by atoms with Gasteiger partial charge in [0.15, 0.2) is 5.82 Å². The largest absolute Gasteiger partial charge is 0.294 e. The summed E-state index contributed by atoms with van der Waals surface area (Å²) in [5.74, 6) is 0.484. The maximum absolute atomic E-state index is 13.3. The Bertz CT molecular complexity index is 851. The van der Waals surface area contributed by atoms with Crippen LogP contribution in [0.2, 0.25) is 0 Å². The number of benzene rings is 1. The number of halogens is 1. The standard InChI is InChI=1S/C19H17FN4/c20-17-8-14(9-21-11-17)12-24-7-6-18-16(13-24)10-22-19(23-18)15-4-2-1-3-5-15/h1-5,8-11H,6-7,12-13H2. The molecular formula is C19H17FN4. The minimum atomic E-state index is -0.291. The van der Waals surface area contributed by atoms with Crippen LogP contribution in [0.1, 0.15) is 16.8 Å². The summed E-state index contributed by atoms with van der Waals surface area (Å²) in [4.78, 5) is 15.4. The summed E-state index contributed by atoms with van der Waals surface area (Å²) in [5.41, 5.74) is 4.18. The normalized spacial score (nSPS) is 14.4. The Morgan fingerprint density at radius 2 is 1.96 bits per heavy atom. The summed E-state index contributed by atoms with van der Waals surface area (Å²) in [6.07, 6.45) is 5.74. The molecule has 0 amide bonds. The molecule has 1 aliphatic rings. The lowest BCUT2D eigenvalue weighted by Crippen LogP contribution is -2.31. The Hall–Kier alpha value is -2.66. The molecular weight excluding hydrogens is 303 g/mol. The van der Waals surface area contributed by atoms with E-state index >= 15 is 0 Å². The maximum Gasteiger partial charge on any atom is 0.159 e. The number of aromatic nitrogens is 3. The molecule has 24 heavy (non-hydrogen) atoms. The number of fused-ring (bicyclic) bond motifs is 1. The minimum absolute atomic E-state index is 0.291. The van der Waals surface area contributed by atoms with Crippen molar-refractivity contribution in [2.24, 2.45) is 0 Å². The lowest BCUT2D eigenvalue weighted by molar-refractivity contribution is 0.242. The molecule has 0 unspecified atom stereocenters. The van der Waals surface area contributed by atoms with Crippen LogP contribution in [-0.4, -0.2) is 26.4 Å². The Morgan fingerprint density at radius 1 is 1.08 bits per heavy atom. The molecule has 0 bridgehead atoms. The van der Waals surface area contributed by atoms with Gasteiger partial charge in [-0.25, -0.2) is 14.4 Å². The fraction of sp³-hybridized carbons (Fsp3) is 0.211. The van der Waals surface area contributed by atoms with Crippen LogP contribution in [0.15, 0.2) is 55.0 Å². The fourth-order valence-corrected chi connectivity index (χ4v) is 3.04. The van der Waals surface area contributed by atoms with E-state index in [0.29, 0.717) is 6.54 Å². The second-order valence-corrected chi connectivity index (χ2v) is 6.00. The molecule has 4 nitrogen and oxygen atoms in total. The Balaban J connectivity index is 1.52. The highest BCUT2D eigenvalue weighted by molar-refractivity contribution is 5.54. The van der Waals surface area contributed by atoms with E-state index < -0.39 is 0 Å². The molecule has 5 heteroatoms. The van der Waals surface area contributed by atoms with Crippen molar-refractivity contribution in [3.8, 4) is 11.4 Å². The Labute approximate surface area is 140 Å². The highest BCUT2D eigenvalue weighted by Crippen LogP contribution is 2.22. The van der Waals surface area contributed by atoms with Crippen molar-refractivity contribution in [3.05, 3.63) is 77.6 Å². The van der Waals surface area contributed by atoms with Gasteiger partial charge < -0.3 is 0 Å². The topological polar surface area (TPSA) is 41.9 Å². The molecule has 3 heterocycles. The fourth-order valence-electron chi connectivity index (χ4n) is 3.04. The van der Waals surface area contributed by atoms with Crippen LogP contribution >= 0.6 is 0 Å². The van der Waals surface area contributed by atoms with Gasteiger partial charge in [0.2, 0.25) is 0 Å². The van der Waals surface area contributed by atoms with Gasteiger partial charge >= 0.3 is 0 Å². The first-order valence-electron chi connectivity index (χ1n) is 8.00. The van der Waals surface area contributed by atoms with Gasteiger partial charge in [0.25, 0.3) is 0 Å². The van der Waals surface area contributed by atoms with Crippen molar-refractivity contribution in [2.45, 2.75) is 19.5 Å². The number of nitrogens with zero attached hydrogens (tertiary/aromatic N) is 4. The molecule has 0 saturated heterocycles. The molecule has 0 radical (unpaired) electrons. The van der Waals surface area contributed by atoms with E-state index in [1.54, 1.807) is 6.20 Å². The van der Waals surface area contributed by atoms with E-state index in [9.17, 15) is 4.39 Å². The molecule has 0 saturated carbocycles. The summed E-state index contributed by atoms with van der Waals surface area (Å²) in [6.45, 7) is 2.36. The molecule has 0 aliphatic carbocycles. The number of hydrogen-bond acceptors (Lipinski definition) is 4. The van der Waals surface area contributed by atoms with Gasteiger partial charge in [-0.15, -0.1) is 0 Å². The van der Waals surface area contributed by atoms with Crippen LogP contribution in [0.25, 0.3) is 11.4 Å². The van der Waals surface area contributed by atoms with Gasteiger partial charge in [-0.05, 0) is 11.6 Å². The smallest absolute Gasteiger partial charge is 0.159 e. The first-order valence-corrected chi connectivity index (χ1v) is 8.00. The van der Waals surface area contributed by atoms with Gasteiger partial charge in [0.1, 0.15) is 5.82 Å². The first kappa shape index (κ1) is 14.9. The third kappa shape index (κ3) is 3.16. The number of pyridine rings is 1. The van der Waals surface area contributed by atoms with Crippen LogP contribution in [-0.2, 0) is 19.5 Å². The maximum atomic E-state index is 13.3. The van der Waals surface area contributed by atoms with Crippen molar-refractivity contribution in [3.63, 3.8) is 0 Å². The predicted molar refractivity (Wildman–Crippen MR) is 89.5 cm³/mol. The summed E-state index contributed by atoms with van der Waals surface area (Å²) in [7, 11) is 0. The summed E-state index contributed by atoms with van der Waals surface area (Å²) in [5, 5.41) is 0. The van der Waals surface area contributed by atoms with Gasteiger partial charge in [-0.1, -0.05) is 30.3 Å². The highest BCUT2D eigenvalue weighted by Gasteiger charge is 2.19. The highest BCUT2D eigenvalue weighted by atomic mass is 19.1. The predicted octanol–water partition coefficient (Wildman–Crippen LogP) is 3.24. The third-order valence-corrected chi connectivity index (χ3v) is 4.21. The summed E-state index contributed by atoms with van der Waals surface area (Å²) < 4.78 is 13.3. The van der Waals surface area contributed by atoms with Crippen molar-refractivity contribution >= 4 is 0 Å². The summed E-state index contributed by atoms with van der Waals surface area (Å²) >= 11 is 0. The van der Waals surface area contributed by atoms with Gasteiger partial charge in [0.05, 0.1) is 11.9 Å². The zero-order valence-electron chi connectivity index (χ0n) is 13.2. The molecule has 1 aliphatic heterocycles. The monoisotopic (exact) mass is 320 g/mol. The SMILES string of the molecule is Fc1cncc(CN2CCc3nc(-c4ccccc4)ncc3C2)c1. The molecule has 0 atom stereocenters. The van der Waals surface area contributed by atoms with E-state index in [1.165, 1.54) is 12.3 Å². The van der Waals surface area contributed by atoms with E-state index in [1.807, 2.05) is 36.5 Å². The molecule has 0 N–H and O–H groups in total. The van der Waals surface area contributed by atoms with E-state index in [4.69, 9.17) is 4.98 Å². The summed E-state index contributed by atoms with van der Waals surface area (Å²) in [6, 6.07) is 11.6. The zero-order chi connectivity index (χ0) is 16.4. The molecule has 2 aromatic heterocycles. The molecule has 0 spiro atoms. The van der Waals surface area contributed by atoms with Crippen LogP contribution in [0.3, 0.4) is 0 Å². The second-order valence-electron chi connectivity index (χ2n) is 6.00. The molecule has 0 fully saturated rings. The van der Waals surface area contributed by atoms with E-state index in [0.717, 1.165) is 47.7 Å². The second kappa shape index (κ2) is 6.45. The molecule has 120 valence electrons. The lowest BCUT2D eigenvalue weighted by Gasteiger charge is -2.28. The van der Waals surface area contributed by atoms with Gasteiger partial charge in [-0.2, -0.15) is 0 Å². The van der Waals surface area contributed by atoms with Crippen LogP contribution < -0.4 is 0 Å². The molecule has 1 aromatic carbocycles. The van der Waals surface area contributed by atoms with Crippen LogP contribution in [0, 0.1) is 5.82 Å². The lowest BCUT2D eigenvalue weighted by atomic mass is 10.1. The van der Waals surface area contributed by atoms with Crippen LogP contribution in [0.4, 0.5) is 4.39 Å². The average molecular weight is 320 g/mol. The molecule has 3 aromatic rings. The van der Waals surface area contributed by atoms with E-state index in [-0.39, 0.29) is 5.82 Å². The Morgan fingerprint density at radius 3 is 2.79 bits per heavy atom. The van der Waals surface area contributed by atoms with Gasteiger partial charge in [0, 0.05) is 49.6 Å². The quantitative estimate of drug-likeness (QED) is 0.743. The van der Waals surface area contributed by atoms with Gasteiger partial charge in [-0.3, -0.25) is 9.88 Å². The number of hydrogen-bond donors (Lipinski definition) is 0. The van der Waals surface area contributed by atoms with Crippen molar-refractivity contribution in [1.82, 2.24) is 19.9 Å². The first-order chi connectivity index (χ1) is 11.8. The van der Waals surface area contributed by atoms with E-state index in [2.05, 4.69) is 14.9 Å². The van der Waals surface area contributed by atoms with Crippen molar-refractivity contribution < 1.29 is 4.39 Å². The average Bonchev–Trinajstić information content (AvgIpc) is 2.62. The number of rotatable bonds is 3. The van der Waals surface area contributed by atoms with Crippen molar-refractivity contribution in [1.29, 1.82) is 0 Å². The van der Waals surface area contributed by atoms with Crippen LogP contribution in [0.5, 0.6) is 0 Å². The van der Waals surface area contributed by atoms with Crippen molar-refractivity contribution in [2.75, 3.05) is 6.54 Å². The third-order valence-electron chi connectivity index (χ3n) is 4.21. The Kier molecular flexibility index (Phi) is 4.01. The zero-order valence-corrected chi connectivity index (χ0v) is 13.2.